The van der Waals surface area contributed by atoms with E-state index in [1.165, 1.54) is 19.2 Å². The lowest BCUT2D eigenvalue weighted by Crippen LogP contribution is -1.98. The number of hydrogen-bond acceptors (Lipinski definition) is 4. The number of methoxy groups -OCH3 is 1. The molecule has 0 radical (unpaired) electrons. The molecule has 0 aliphatic rings. The highest BCUT2D eigenvalue weighted by molar-refractivity contribution is 5.50. The zero-order chi connectivity index (χ0) is 12.0. The second-order valence-corrected chi connectivity index (χ2v) is 3.29. The molecule has 16 heavy (non-hydrogen) atoms. The Bertz CT molecular complexity index is 365. The average molecular weight is 225 g/mol. The van der Waals surface area contributed by atoms with Gasteiger partial charge in [0.1, 0.15) is 5.75 Å². The summed E-state index contributed by atoms with van der Waals surface area (Å²) in [7, 11) is 1.40. The van der Waals surface area contributed by atoms with Crippen LogP contribution in [0.3, 0.4) is 0 Å². The number of nitrogens with zero attached hydrogens (tertiary/aromatic N) is 1. The van der Waals surface area contributed by atoms with E-state index in [0.717, 1.165) is 12.8 Å². The first-order chi connectivity index (χ1) is 7.69. The number of ether oxygens (including phenoxy) is 2. The van der Waals surface area contributed by atoms with E-state index in [4.69, 9.17) is 9.47 Å². The van der Waals surface area contributed by atoms with Crippen molar-refractivity contribution >= 4 is 5.69 Å². The highest BCUT2D eigenvalue weighted by Crippen LogP contribution is 2.30. The Hall–Kier alpha value is -1.78. The molecule has 0 unspecified atom stereocenters. The lowest BCUT2D eigenvalue weighted by Gasteiger charge is -2.07. The fourth-order valence-electron chi connectivity index (χ4n) is 1.23. The van der Waals surface area contributed by atoms with Crippen molar-refractivity contribution in [3.63, 3.8) is 0 Å². The van der Waals surface area contributed by atoms with Crippen LogP contribution in [0.2, 0.25) is 0 Å². The van der Waals surface area contributed by atoms with Crippen LogP contribution in [-0.2, 0) is 0 Å². The van der Waals surface area contributed by atoms with Crippen molar-refractivity contribution in [3.8, 4) is 11.5 Å². The molecule has 5 nitrogen and oxygen atoms in total. The SMILES string of the molecule is CCCCOc1ccc([N+](=O)[O-])c(OC)c1. The van der Waals surface area contributed by atoms with Crippen LogP contribution in [0.5, 0.6) is 11.5 Å². The van der Waals surface area contributed by atoms with Gasteiger partial charge in [-0.05, 0) is 12.5 Å². The molecule has 5 heteroatoms. The second kappa shape index (κ2) is 5.95. The van der Waals surface area contributed by atoms with Crippen molar-refractivity contribution in [2.24, 2.45) is 0 Å². The molecule has 0 N–H and O–H groups in total. The number of nitro benzene ring substituents is 1. The minimum absolute atomic E-state index is 0.0506. The summed E-state index contributed by atoms with van der Waals surface area (Å²) >= 11 is 0. The average Bonchev–Trinajstić information content (AvgIpc) is 2.29. The molecular weight excluding hydrogens is 210 g/mol. The summed E-state index contributed by atoms with van der Waals surface area (Å²) < 4.78 is 10.4. The predicted octanol–water partition coefficient (Wildman–Crippen LogP) is 2.78. The molecular formula is C11H15NO4. The predicted molar refractivity (Wildman–Crippen MR) is 60.1 cm³/mol. The number of unbranched alkanes of at least 4 members (excludes halogenated alkanes) is 1. The van der Waals surface area contributed by atoms with Crippen molar-refractivity contribution in [2.75, 3.05) is 13.7 Å². The van der Waals surface area contributed by atoms with Gasteiger partial charge < -0.3 is 9.47 Å². The maximum absolute atomic E-state index is 10.6. The van der Waals surface area contributed by atoms with E-state index in [2.05, 4.69) is 6.92 Å². The Morgan fingerprint density at radius 2 is 2.19 bits per heavy atom. The molecule has 0 amide bonds. The third-order valence-electron chi connectivity index (χ3n) is 2.11. The van der Waals surface area contributed by atoms with Gasteiger partial charge in [-0.2, -0.15) is 0 Å². The van der Waals surface area contributed by atoms with Crippen molar-refractivity contribution < 1.29 is 14.4 Å². The fourth-order valence-corrected chi connectivity index (χ4v) is 1.23. The summed E-state index contributed by atoms with van der Waals surface area (Å²) in [6, 6.07) is 4.50. The van der Waals surface area contributed by atoms with Crippen LogP contribution in [0.25, 0.3) is 0 Å². The Morgan fingerprint density at radius 1 is 1.44 bits per heavy atom. The van der Waals surface area contributed by atoms with Crippen LogP contribution in [0.4, 0.5) is 5.69 Å². The van der Waals surface area contributed by atoms with Gasteiger partial charge in [0.15, 0.2) is 0 Å². The first-order valence-corrected chi connectivity index (χ1v) is 5.14. The molecule has 0 aromatic heterocycles. The maximum atomic E-state index is 10.6. The molecule has 1 rings (SSSR count). The number of hydrogen-bond donors (Lipinski definition) is 0. The Labute approximate surface area is 94.1 Å². The van der Waals surface area contributed by atoms with Gasteiger partial charge in [-0.1, -0.05) is 13.3 Å². The number of rotatable bonds is 6. The van der Waals surface area contributed by atoms with Crippen LogP contribution < -0.4 is 9.47 Å². The summed E-state index contributed by atoms with van der Waals surface area (Å²) in [4.78, 5) is 10.2. The second-order valence-electron chi connectivity index (χ2n) is 3.29. The lowest BCUT2D eigenvalue weighted by molar-refractivity contribution is -0.385. The van der Waals surface area contributed by atoms with Gasteiger partial charge in [0.05, 0.1) is 18.6 Å². The molecule has 0 aliphatic heterocycles. The van der Waals surface area contributed by atoms with Crippen LogP contribution >= 0.6 is 0 Å². The molecule has 1 aromatic rings. The van der Waals surface area contributed by atoms with Gasteiger partial charge in [0, 0.05) is 12.1 Å². The van der Waals surface area contributed by atoms with Crippen molar-refractivity contribution in [1.29, 1.82) is 0 Å². The summed E-state index contributed by atoms with van der Waals surface area (Å²) in [5.41, 5.74) is -0.0506. The molecule has 0 atom stereocenters. The van der Waals surface area contributed by atoms with Crippen molar-refractivity contribution in [2.45, 2.75) is 19.8 Å². The third kappa shape index (κ3) is 3.12. The van der Waals surface area contributed by atoms with E-state index in [1.807, 2.05) is 0 Å². The molecule has 0 spiro atoms. The molecule has 0 bridgehead atoms. The molecule has 1 aromatic carbocycles. The number of nitro groups is 1. The molecule has 0 saturated carbocycles. The first kappa shape index (κ1) is 12.3. The minimum atomic E-state index is -0.478. The highest BCUT2D eigenvalue weighted by atomic mass is 16.6. The zero-order valence-corrected chi connectivity index (χ0v) is 9.43. The highest BCUT2D eigenvalue weighted by Gasteiger charge is 2.14. The molecule has 0 aliphatic carbocycles. The largest absolute Gasteiger partial charge is 0.493 e. The summed E-state index contributed by atoms with van der Waals surface area (Å²) in [5, 5.41) is 10.6. The summed E-state index contributed by atoms with van der Waals surface area (Å²) in [6.07, 6.45) is 2.00. The van der Waals surface area contributed by atoms with E-state index >= 15 is 0 Å². The van der Waals surface area contributed by atoms with Gasteiger partial charge in [0.25, 0.3) is 0 Å². The summed E-state index contributed by atoms with van der Waals surface area (Å²) in [5.74, 6) is 0.815. The van der Waals surface area contributed by atoms with Gasteiger partial charge in [-0.15, -0.1) is 0 Å². The number of benzene rings is 1. The Kier molecular flexibility index (Phi) is 4.57. The van der Waals surface area contributed by atoms with Gasteiger partial charge in [0.2, 0.25) is 5.75 Å². The van der Waals surface area contributed by atoms with Crippen LogP contribution in [0, 0.1) is 10.1 Å². The molecule has 0 saturated heterocycles. The Morgan fingerprint density at radius 3 is 2.75 bits per heavy atom. The van der Waals surface area contributed by atoms with E-state index in [-0.39, 0.29) is 11.4 Å². The van der Waals surface area contributed by atoms with E-state index < -0.39 is 4.92 Å². The molecule has 0 heterocycles. The smallest absolute Gasteiger partial charge is 0.311 e. The topological polar surface area (TPSA) is 61.6 Å². The van der Waals surface area contributed by atoms with Crippen LogP contribution in [0.1, 0.15) is 19.8 Å². The third-order valence-corrected chi connectivity index (χ3v) is 2.11. The van der Waals surface area contributed by atoms with E-state index in [9.17, 15) is 10.1 Å². The normalized spacial score (nSPS) is 9.88. The van der Waals surface area contributed by atoms with E-state index in [1.54, 1.807) is 6.07 Å². The molecule has 88 valence electrons. The monoisotopic (exact) mass is 225 g/mol. The lowest BCUT2D eigenvalue weighted by atomic mass is 10.3. The molecule has 0 fully saturated rings. The van der Waals surface area contributed by atoms with Crippen molar-refractivity contribution in [1.82, 2.24) is 0 Å². The Balaban J connectivity index is 2.78. The van der Waals surface area contributed by atoms with Crippen LogP contribution in [-0.4, -0.2) is 18.6 Å². The van der Waals surface area contributed by atoms with E-state index in [0.29, 0.717) is 12.4 Å². The standard InChI is InChI=1S/C11H15NO4/c1-3-4-7-16-9-5-6-10(12(13)14)11(8-9)15-2/h5-6,8H,3-4,7H2,1-2H3. The van der Waals surface area contributed by atoms with Gasteiger partial charge in [-0.25, -0.2) is 0 Å². The van der Waals surface area contributed by atoms with Crippen LogP contribution in [0.15, 0.2) is 18.2 Å². The minimum Gasteiger partial charge on any atom is -0.493 e. The maximum Gasteiger partial charge on any atom is 0.311 e. The quantitative estimate of drug-likeness (QED) is 0.424. The van der Waals surface area contributed by atoms with Gasteiger partial charge >= 0.3 is 5.69 Å². The first-order valence-electron chi connectivity index (χ1n) is 5.14. The fraction of sp³-hybridized carbons (Fsp3) is 0.455. The summed E-state index contributed by atoms with van der Waals surface area (Å²) in [6.45, 7) is 2.68. The zero-order valence-electron chi connectivity index (χ0n) is 9.43. The van der Waals surface area contributed by atoms with Crippen molar-refractivity contribution in [3.05, 3.63) is 28.3 Å². The van der Waals surface area contributed by atoms with Gasteiger partial charge in [-0.3, -0.25) is 10.1 Å².